The minimum atomic E-state index is -1.22. The van der Waals surface area contributed by atoms with Crippen molar-refractivity contribution in [2.24, 2.45) is 10.2 Å². The molecule has 2 N–H and O–H groups in total. The highest BCUT2D eigenvalue weighted by Gasteiger charge is 2.30. The van der Waals surface area contributed by atoms with Crippen molar-refractivity contribution in [1.82, 2.24) is 4.98 Å². The lowest BCUT2D eigenvalue weighted by Crippen LogP contribution is -2.36. The van der Waals surface area contributed by atoms with E-state index in [1.165, 1.54) is 0 Å². The smallest absolute Gasteiger partial charge is 0.307 e. The average molecular weight is 358 g/mol. The number of aromatic nitrogens is 1. The van der Waals surface area contributed by atoms with E-state index in [4.69, 9.17) is 16.3 Å². The van der Waals surface area contributed by atoms with E-state index < -0.39 is 11.5 Å². The second kappa shape index (κ2) is 6.57. The minimum Gasteiger partial charge on any atom is -0.493 e. The van der Waals surface area contributed by atoms with E-state index in [0.29, 0.717) is 21.7 Å². The molecule has 1 heterocycles. The second-order valence-corrected chi connectivity index (χ2v) is 6.38. The first-order chi connectivity index (χ1) is 11.9. The molecule has 0 bridgehead atoms. The molecule has 0 spiro atoms. The van der Waals surface area contributed by atoms with Crippen LogP contribution in [0.25, 0.3) is 10.9 Å². The van der Waals surface area contributed by atoms with Crippen molar-refractivity contribution in [3.63, 3.8) is 0 Å². The summed E-state index contributed by atoms with van der Waals surface area (Å²) in [7, 11) is 0. The van der Waals surface area contributed by atoms with Crippen molar-refractivity contribution in [3.8, 4) is 11.6 Å². The Balaban J connectivity index is 1.81. The van der Waals surface area contributed by atoms with Crippen molar-refractivity contribution in [1.29, 1.82) is 0 Å². The molecular weight excluding hydrogens is 342 g/mol. The van der Waals surface area contributed by atoms with Gasteiger partial charge in [0.2, 0.25) is 5.88 Å². The summed E-state index contributed by atoms with van der Waals surface area (Å²) >= 11 is 5.83. The molecule has 0 aliphatic rings. The third-order valence-electron chi connectivity index (χ3n) is 3.60. The topological polar surface area (TPSA) is 87.0 Å². The van der Waals surface area contributed by atoms with Gasteiger partial charge in [0.25, 0.3) is 0 Å². The van der Waals surface area contributed by atoms with Gasteiger partial charge in [-0.05, 0) is 44.2 Å². The highest BCUT2D eigenvalue weighted by molar-refractivity contribution is 6.30. The van der Waals surface area contributed by atoms with Crippen molar-refractivity contribution in [3.05, 3.63) is 53.6 Å². The van der Waals surface area contributed by atoms with Gasteiger partial charge in [-0.2, -0.15) is 0 Å². The number of nitrogens with one attached hydrogen (secondary N) is 1. The fraction of sp³-hybridized carbons (Fsp3) is 0.167. The fourth-order valence-electron chi connectivity index (χ4n) is 2.27. The molecule has 0 radical (unpaired) electrons. The third kappa shape index (κ3) is 3.64. The lowest BCUT2D eigenvalue weighted by Gasteiger charge is -2.22. The molecule has 0 saturated heterocycles. The number of carbonyl (C=O) groups excluding carboxylic acids is 1. The van der Waals surface area contributed by atoms with Crippen molar-refractivity contribution in [2.45, 2.75) is 19.4 Å². The summed E-state index contributed by atoms with van der Waals surface area (Å²) in [6.45, 7) is 3.19. The SMILES string of the molecule is CC(C)(Oc1ccc(Cl)cc1)C(=O)N=Nc1c(O)[nH]c2ccccc12. The Morgan fingerprint density at radius 1 is 1.16 bits per heavy atom. The number of hydrogen-bond donors (Lipinski definition) is 2. The maximum absolute atomic E-state index is 12.4. The summed E-state index contributed by atoms with van der Waals surface area (Å²) in [5, 5.41) is 18.8. The van der Waals surface area contributed by atoms with E-state index in [2.05, 4.69) is 15.2 Å². The Bertz CT molecular complexity index is 946. The summed E-state index contributed by atoms with van der Waals surface area (Å²) in [4.78, 5) is 15.2. The molecule has 6 nitrogen and oxygen atoms in total. The average Bonchev–Trinajstić information content (AvgIpc) is 2.90. The molecule has 0 saturated carbocycles. The zero-order chi connectivity index (χ0) is 18.0. The maximum Gasteiger partial charge on any atom is 0.307 e. The number of hydrogen-bond acceptors (Lipinski definition) is 4. The van der Waals surface area contributed by atoms with Gasteiger partial charge in [-0.15, -0.1) is 10.2 Å². The second-order valence-electron chi connectivity index (χ2n) is 5.94. The number of H-pyrrole nitrogens is 1. The number of amides is 1. The van der Waals surface area contributed by atoms with Gasteiger partial charge in [0, 0.05) is 10.4 Å². The van der Waals surface area contributed by atoms with Crippen LogP contribution in [0.3, 0.4) is 0 Å². The van der Waals surface area contributed by atoms with Gasteiger partial charge in [-0.25, -0.2) is 0 Å². The standard InChI is InChI=1S/C18H16ClN3O3/c1-18(2,25-12-9-7-11(19)8-10-12)17(24)22-21-15-13-5-3-4-6-14(13)20-16(15)23/h3-10,20,23H,1-2H3. The van der Waals surface area contributed by atoms with E-state index in [1.807, 2.05) is 12.1 Å². The van der Waals surface area contributed by atoms with E-state index in [0.717, 1.165) is 0 Å². The number of carbonyl (C=O) groups is 1. The quantitative estimate of drug-likeness (QED) is 0.644. The van der Waals surface area contributed by atoms with Crippen LogP contribution in [0.4, 0.5) is 5.69 Å². The molecule has 0 atom stereocenters. The fourth-order valence-corrected chi connectivity index (χ4v) is 2.40. The summed E-state index contributed by atoms with van der Waals surface area (Å²) in [6, 6.07) is 13.9. The van der Waals surface area contributed by atoms with Crippen molar-refractivity contribution < 1.29 is 14.6 Å². The Labute approximate surface area is 149 Å². The number of aromatic amines is 1. The maximum atomic E-state index is 12.4. The van der Waals surface area contributed by atoms with Gasteiger partial charge in [0.1, 0.15) is 5.75 Å². The predicted octanol–water partition coefficient (Wildman–Crippen LogP) is 4.99. The zero-order valence-corrected chi connectivity index (χ0v) is 14.4. The van der Waals surface area contributed by atoms with E-state index in [9.17, 15) is 9.90 Å². The molecule has 7 heteroatoms. The van der Waals surface area contributed by atoms with Gasteiger partial charge in [0.05, 0.1) is 5.52 Å². The van der Waals surface area contributed by atoms with Crippen molar-refractivity contribution in [2.75, 3.05) is 0 Å². The molecule has 1 amide bonds. The number of nitrogens with zero attached hydrogens (tertiary/aromatic N) is 2. The van der Waals surface area contributed by atoms with Gasteiger partial charge in [-0.1, -0.05) is 29.8 Å². The van der Waals surface area contributed by atoms with Crippen LogP contribution >= 0.6 is 11.6 Å². The molecule has 0 unspecified atom stereocenters. The number of para-hydroxylation sites is 1. The molecular formula is C18H16ClN3O3. The zero-order valence-electron chi connectivity index (χ0n) is 13.7. The van der Waals surface area contributed by atoms with Crippen molar-refractivity contribution >= 4 is 34.1 Å². The van der Waals surface area contributed by atoms with Crippen LogP contribution in [0.5, 0.6) is 11.6 Å². The molecule has 0 aliphatic carbocycles. The number of halogens is 1. The predicted molar refractivity (Wildman–Crippen MR) is 95.6 cm³/mol. The van der Waals surface area contributed by atoms with E-state index in [1.54, 1.807) is 50.2 Å². The monoisotopic (exact) mass is 357 g/mol. The number of rotatable bonds is 4. The van der Waals surface area contributed by atoms with Crippen LogP contribution in [0, 0.1) is 0 Å². The first-order valence-corrected chi connectivity index (χ1v) is 7.95. The third-order valence-corrected chi connectivity index (χ3v) is 3.85. The van der Waals surface area contributed by atoms with Crippen LogP contribution < -0.4 is 4.74 Å². The molecule has 3 rings (SSSR count). The van der Waals surface area contributed by atoms with E-state index >= 15 is 0 Å². The summed E-state index contributed by atoms with van der Waals surface area (Å²) in [6.07, 6.45) is 0. The molecule has 3 aromatic rings. The van der Waals surface area contributed by atoms with E-state index in [-0.39, 0.29) is 11.6 Å². The summed E-state index contributed by atoms with van der Waals surface area (Å²) in [5.41, 5.74) is -0.302. The van der Waals surface area contributed by atoms with Gasteiger partial charge >= 0.3 is 5.91 Å². The Kier molecular flexibility index (Phi) is 4.46. The molecule has 0 aliphatic heterocycles. The van der Waals surface area contributed by atoms with Crippen LogP contribution in [-0.2, 0) is 4.79 Å². The largest absolute Gasteiger partial charge is 0.493 e. The van der Waals surface area contributed by atoms with Gasteiger partial charge < -0.3 is 14.8 Å². The minimum absolute atomic E-state index is 0.144. The number of benzene rings is 2. The number of ether oxygens (including phenoxy) is 1. The molecule has 0 fully saturated rings. The number of fused-ring (bicyclic) bond motifs is 1. The van der Waals surface area contributed by atoms with Crippen LogP contribution in [0.15, 0.2) is 58.8 Å². The molecule has 1 aromatic heterocycles. The lowest BCUT2D eigenvalue weighted by molar-refractivity contribution is -0.131. The highest BCUT2D eigenvalue weighted by atomic mass is 35.5. The number of aromatic hydroxyl groups is 1. The first kappa shape index (κ1) is 17.0. The van der Waals surface area contributed by atoms with Gasteiger partial charge in [-0.3, -0.25) is 4.79 Å². The molecule has 128 valence electrons. The highest BCUT2D eigenvalue weighted by Crippen LogP contribution is 2.35. The number of azo groups is 1. The van der Waals surface area contributed by atoms with Crippen LogP contribution in [0.2, 0.25) is 5.02 Å². The van der Waals surface area contributed by atoms with Crippen LogP contribution in [-0.4, -0.2) is 21.6 Å². The Hall–Kier alpha value is -2.86. The van der Waals surface area contributed by atoms with Gasteiger partial charge in [0.15, 0.2) is 11.3 Å². The molecule has 25 heavy (non-hydrogen) atoms. The first-order valence-electron chi connectivity index (χ1n) is 7.57. The van der Waals surface area contributed by atoms with Crippen LogP contribution in [0.1, 0.15) is 13.8 Å². The molecule has 2 aromatic carbocycles. The Morgan fingerprint density at radius 3 is 2.56 bits per heavy atom. The summed E-state index contributed by atoms with van der Waals surface area (Å²) in [5.74, 6) is -0.228. The Morgan fingerprint density at radius 2 is 1.84 bits per heavy atom. The lowest BCUT2D eigenvalue weighted by atomic mass is 10.1. The normalized spacial score (nSPS) is 12.0. The summed E-state index contributed by atoms with van der Waals surface area (Å²) < 4.78 is 5.67.